The van der Waals surface area contributed by atoms with Crippen LogP contribution in [0.5, 0.6) is 5.75 Å². The van der Waals surface area contributed by atoms with Crippen LogP contribution in [0.2, 0.25) is 10.0 Å². The Morgan fingerprint density at radius 2 is 1.25 bits per heavy atom. The molecule has 3 aromatic heterocycles. The third-order valence-electron chi connectivity index (χ3n) is 13.3. The van der Waals surface area contributed by atoms with Crippen LogP contribution in [0.3, 0.4) is 0 Å². The number of aromatic hydroxyl groups is 1. The Kier molecular flexibility index (Phi) is 17.7. The topological polar surface area (TPSA) is 175 Å². The Morgan fingerprint density at radius 3 is 1.80 bits per heavy atom. The van der Waals surface area contributed by atoms with Gasteiger partial charge in [0.05, 0.1) is 21.8 Å². The molecule has 5 heterocycles. The number of anilines is 4. The number of amides is 2. The number of phenolic OH excluding ortho intramolecular Hbond substituents is 1. The van der Waals surface area contributed by atoms with Crippen molar-refractivity contribution in [1.29, 1.82) is 0 Å². The zero-order valence-electron chi connectivity index (χ0n) is 44.1. The summed E-state index contributed by atoms with van der Waals surface area (Å²) in [6, 6.07) is 17.4. The quantitative estimate of drug-likeness (QED) is 0.0673. The van der Waals surface area contributed by atoms with Crippen LogP contribution in [0.1, 0.15) is 19.4 Å². The number of phenols is 1. The second-order valence-electron chi connectivity index (χ2n) is 18.7. The summed E-state index contributed by atoms with van der Waals surface area (Å²) in [4.78, 5) is 51.0. The summed E-state index contributed by atoms with van der Waals surface area (Å²) in [6.45, 7) is 16.1. The number of hydrogen-bond acceptors (Lipinski definition) is 13. The largest absolute Gasteiger partial charge is 0.508 e. The number of halogens is 7. The predicted molar refractivity (Wildman–Crippen MR) is 304 cm³/mol. The van der Waals surface area contributed by atoms with Gasteiger partial charge in [-0.25, -0.2) is 18.7 Å². The zero-order valence-corrected chi connectivity index (χ0v) is 45.6. The van der Waals surface area contributed by atoms with Crippen LogP contribution in [0.4, 0.5) is 45.5 Å². The number of piperazine rings is 2. The molecule has 23 heteroatoms. The van der Waals surface area contributed by atoms with Gasteiger partial charge in [-0.1, -0.05) is 80.5 Å². The Morgan fingerprint density at radius 1 is 0.722 bits per heavy atom. The van der Waals surface area contributed by atoms with Gasteiger partial charge in [0.2, 0.25) is 23.7 Å². The lowest BCUT2D eigenvalue weighted by Gasteiger charge is -2.35. The van der Waals surface area contributed by atoms with Gasteiger partial charge < -0.3 is 40.2 Å². The number of aromatic amines is 1. The van der Waals surface area contributed by atoms with Gasteiger partial charge in [-0.2, -0.15) is 28.2 Å². The fraction of sp³-hybridized carbons (Fsp3) is 0.304. The number of hydrogen-bond donors (Lipinski definition) is 4. The summed E-state index contributed by atoms with van der Waals surface area (Å²) in [5, 5.41) is 25.8. The van der Waals surface area contributed by atoms with Gasteiger partial charge >= 0.3 is 6.18 Å². The lowest BCUT2D eigenvalue weighted by atomic mass is 9.95. The summed E-state index contributed by atoms with van der Waals surface area (Å²) in [5.41, 5.74) is 2.57. The van der Waals surface area contributed by atoms with Crippen molar-refractivity contribution in [3.8, 4) is 28.0 Å². The molecule has 0 unspecified atom stereocenters. The summed E-state index contributed by atoms with van der Waals surface area (Å²) >= 11 is 13.4. The molecule has 0 atom stereocenters. The molecule has 0 spiro atoms. The van der Waals surface area contributed by atoms with Gasteiger partial charge in [0.15, 0.2) is 11.6 Å². The first kappa shape index (κ1) is 57.3. The molecule has 2 saturated heterocycles. The van der Waals surface area contributed by atoms with Crippen molar-refractivity contribution in [2.45, 2.75) is 26.9 Å². The van der Waals surface area contributed by atoms with Gasteiger partial charge in [0.1, 0.15) is 35.0 Å². The third-order valence-corrected chi connectivity index (χ3v) is 13.9. The van der Waals surface area contributed by atoms with E-state index in [1.165, 1.54) is 24.3 Å². The number of carbonyl (C=O) groups is 2. The monoisotopic (exact) mass is 1130 g/mol. The van der Waals surface area contributed by atoms with Crippen LogP contribution >= 0.6 is 23.2 Å². The molecular formula is C56H58Cl2F5N13O3. The SMILES string of the molecule is C=CC(=O)N1CCN(c2nc(NCC(F)(F)F)nc3c(F)c(-c4c(C)ccc5[nH]ncc45)c(Cl)cc23)CC1.C=CC(=O)N1CCN(c2nc(NCCN(C)C)nc3c(F)c(-c4cc(O)cc5ccccc45)c(Cl)cc23)CC1.CC. The van der Waals surface area contributed by atoms with Crippen molar-refractivity contribution in [2.24, 2.45) is 0 Å². The number of benzene rings is 5. The summed E-state index contributed by atoms with van der Waals surface area (Å²) in [5.74, 6) is -1.02. The van der Waals surface area contributed by atoms with Crippen molar-refractivity contribution < 1.29 is 36.6 Å². The average molecular weight is 1130 g/mol. The summed E-state index contributed by atoms with van der Waals surface area (Å²) in [7, 11) is 3.93. The molecule has 10 rings (SSSR count). The van der Waals surface area contributed by atoms with Crippen LogP contribution in [0.15, 0.2) is 92.2 Å². The molecule has 2 amide bonds. The first-order chi connectivity index (χ1) is 37.8. The van der Waals surface area contributed by atoms with E-state index in [2.05, 4.69) is 48.9 Å². The fourth-order valence-corrected chi connectivity index (χ4v) is 10.1. The van der Waals surface area contributed by atoms with Gasteiger partial charge in [-0.3, -0.25) is 14.7 Å². The Labute approximate surface area is 462 Å². The highest BCUT2D eigenvalue weighted by Crippen LogP contribution is 2.44. The smallest absolute Gasteiger partial charge is 0.405 e. The van der Waals surface area contributed by atoms with Gasteiger partial charge in [-0.05, 0) is 85.4 Å². The number of nitrogens with one attached hydrogen (secondary N) is 3. The Hall–Kier alpha value is -7.88. The average Bonchev–Trinajstić information content (AvgIpc) is 3.92. The van der Waals surface area contributed by atoms with E-state index in [1.807, 2.05) is 68.1 Å². The summed E-state index contributed by atoms with van der Waals surface area (Å²) < 4.78 is 71.7. The third kappa shape index (κ3) is 12.4. The molecule has 2 aliphatic heterocycles. The van der Waals surface area contributed by atoms with E-state index in [-0.39, 0.29) is 66.9 Å². The van der Waals surface area contributed by atoms with E-state index in [4.69, 9.17) is 28.2 Å². The molecule has 4 N–H and O–H groups in total. The van der Waals surface area contributed by atoms with Crippen molar-refractivity contribution >= 4 is 102 Å². The van der Waals surface area contributed by atoms with Gasteiger partial charge in [0.25, 0.3) is 0 Å². The predicted octanol–water partition coefficient (Wildman–Crippen LogP) is 10.9. The number of aromatic nitrogens is 6. The van der Waals surface area contributed by atoms with Crippen LogP contribution < -0.4 is 20.4 Å². The molecule has 0 bridgehead atoms. The van der Waals surface area contributed by atoms with Crippen LogP contribution in [-0.2, 0) is 9.59 Å². The minimum atomic E-state index is -4.53. The minimum absolute atomic E-state index is 0.0145. The normalized spacial score (nSPS) is 13.8. The molecule has 2 fully saturated rings. The molecule has 0 radical (unpaired) electrons. The zero-order chi connectivity index (χ0) is 56.9. The van der Waals surface area contributed by atoms with Crippen molar-refractivity contribution in [2.75, 3.05) is 107 Å². The standard InChI is InChI=1S/C29H30ClFN6O2.C25H22ClF4N7O.C2H6/c1-4-24(39)36-11-13-37(14-12-36)28-22-17-23(30)25(21-16-19(38)15-18-7-5-6-8-20(18)21)26(31)27(22)33-29(34-28)32-9-10-35(2)3;1-3-18(38)36-6-8-37(9-7-36)23-14-10-16(26)20(19-13(2)4-5-17-15(19)11-32-35-17)21(27)22(14)33-24(34-23)31-12-25(28,29)30;1-2/h4-8,15-17,38H,1,9-14H2,2-3H3,(H,32,33,34);3-5,10-11H,1,6-9,12H2,2H3,(H,32,35)(H,31,33,34);1-2H3. The molecule has 2 aliphatic rings. The maximum absolute atomic E-state index is 16.5. The Balaban J connectivity index is 0.000000202. The number of aryl methyl sites for hydroxylation is 1. The molecule has 0 aliphatic carbocycles. The lowest BCUT2D eigenvalue weighted by molar-refractivity contribution is -0.127. The number of nitrogens with zero attached hydrogens (tertiary/aromatic N) is 10. The van der Waals surface area contributed by atoms with Gasteiger partial charge in [-0.15, -0.1) is 0 Å². The van der Waals surface area contributed by atoms with Crippen molar-refractivity contribution in [1.82, 2.24) is 44.8 Å². The highest BCUT2D eigenvalue weighted by atomic mass is 35.5. The highest BCUT2D eigenvalue weighted by Gasteiger charge is 2.31. The van der Waals surface area contributed by atoms with E-state index in [9.17, 15) is 27.9 Å². The number of carbonyl (C=O) groups excluding carboxylic acids is 2. The number of H-pyrrole nitrogens is 1. The second-order valence-corrected chi connectivity index (χ2v) is 19.5. The molecule has 5 aromatic carbocycles. The first-order valence-electron chi connectivity index (χ1n) is 25.4. The highest BCUT2D eigenvalue weighted by molar-refractivity contribution is 6.35. The lowest BCUT2D eigenvalue weighted by Crippen LogP contribution is -2.48. The number of rotatable bonds is 12. The van der Waals surface area contributed by atoms with Crippen LogP contribution in [0, 0.1) is 18.6 Å². The maximum atomic E-state index is 16.5. The molecule has 0 saturated carbocycles. The second kappa shape index (κ2) is 24.4. The van der Waals surface area contributed by atoms with E-state index in [0.29, 0.717) is 98.1 Å². The molecule has 16 nitrogen and oxygen atoms in total. The summed E-state index contributed by atoms with van der Waals surface area (Å²) in [6.07, 6.45) is -0.450. The van der Waals surface area contributed by atoms with E-state index < -0.39 is 24.4 Å². The van der Waals surface area contributed by atoms with Crippen LogP contribution in [0.25, 0.3) is 65.7 Å². The van der Waals surface area contributed by atoms with E-state index in [1.54, 1.807) is 46.0 Å². The number of alkyl halides is 3. The van der Waals surface area contributed by atoms with E-state index >= 15 is 8.78 Å². The molecular weight excluding hydrogens is 1070 g/mol. The minimum Gasteiger partial charge on any atom is -0.508 e. The van der Waals surface area contributed by atoms with Crippen molar-refractivity contribution in [3.63, 3.8) is 0 Å². The fourth-order valence-electron chi connectivity index (χ4n) is 9.54. The molecule has 8 aromatic rings. The maximum Gasteiger partial charge on any atom is 0.405 e. The Bertz CT molecular complexity index is 3600. The van der Waals surface area contributed by atoms with Gasteiger partial charge in [0, 0.05) is 98.3 Å². The van der Waals surface area contributed by atoms with Crippen molar-refractivity contribution in [3.05, 3.63) is 119 Å². The number of likely N-dealkylation sites (N-methyl/N-ethyl adjacent to an activating group) is 1. The molecule has 414 valence electrons. The molecule has 79 heavy (non-hydrogen) atoms. The van der Waals surface area contributed by atoms with E-state index in [0.717, 1.165) is 22.9 Å². The van der Waals surface area contributed by atoms with Crippen LogP contribution in [-0.4, -0.2) is 154 Å². The number of fused-ring (bicyclic) bond motifs is 4. The first-order valence-corrected chi connectivity index (χ1v) is 26.2.